The van der Waals surface area contributed by atoms with Crippen LogP contribution in [0.3, 0.4) is 0 Å². The van der Waals surface area contributed by atoms with Gasteiger partial charge in [0.1, 0.15) is 6.61 Å². The summed E-state index contributed by atoms with van der Waals surface area (Å²) in [5.41, 5.74) is 1.60. The minimum atomic E-state index is 0.0223. The summed E-state index contributed by atoms with van der Waals surface area (Å²) >= 11 is 0. The molecule has 1 fully saturated rings. The molecular weight excluding hydrogens is 278 g/mol. The van der Waals surface area contributed by atoms with Gasteiger partial charge in [0.2, 0.25) is 5.91 Å². The fraction of sp³-hybridized carbons (Fsp3) is 0.611. The zero-order valence-electron chi connectivity index (χ0n) is 14.1. The van der Waals surface area contributed by atoms with E-state index in [4.69, 9.17) is 9.47 Å². The fourth-order valence-electron chi connectivity index (χ4n) is 3.23. The van der Waals surface area contributed by atoms with E-state index in [1.54, 1.807) is 12.0 Å². The second-order valence-corrected chi connectivity index (χ2v) is 6.80. The number of benzene rings is 1. The molecule has 22 heavy (non-hydrogen) atoms. The Morgan fingerprint density at radius 3 is 2.41 bits per heavy atom. The van der Waals surface area contributed by atoms with Gasteiger partial charge in [-0.25, -0.2) is 0 Å². The molecule has 1 unspecified atom stereocenters. The summed E-state index contributed by atoms with van der Waals surface area (Å²) < 4.78 is 10.2. The van der Waals surface area contributed by atoms with E-state index in [9.17, 15) is 4.79 Å². The van der Waals surface area contributed by atoms with E-state index < -0.39 is 0 Å². The molecule has 0 aromatic heterocycles. The van der Waals surface area contributed by atoms with Crippen LogP contribution in [0.1, 0.15) is 25.8 Å². The Labute approximate surface area is 133 Å². The van der Waals surface area contributed by atoms with Crippen molar-refractivity contribution in [2.75, 3.05) is 40.5 Å². The van der Waals surface area contributed by atoms with Gasteiger partial charge in [-0.15, -0.1) is 0 Å². The first-order valence-corrected chi connectivity index (χ1v) is 7.79. The molecule has 0 N–H and O–H groups in total. The summed E-state index contributed by atoms with van der Waals surface area (Å²) in [6.45, 7) is 6.35. The van der Waals surface area contributed by atoms with Gasteiger partial charge in [-0.2, -0.15) is 0 Å². The van der Waals surface area contributed by atoms with Crippen LogP contribution in [-0.2, 0) is 19.7 Å². The van der Waals surface area contributed by atoms with Gasteiger partial charge in [-0.1, -0.05) is 44.2 Å². The highest BCUT2D eigenvalue weighted by molar-refractivity contribution is 5.77. The molecule has 122 valence electrons. The highest BCUT2D eigenvalue weighted by atomic mass is 16.5. The van der Waals surface area contributed by atoms with Gasteiger partial charge in [0.05, 0.1) is 13.2 Å². The summed E-state index contributed by atoms with van der Waals surface area (Å²) in [4.78, 5) is 14.0. The molecule has 0 radical (unpaired) electrons. The van der Waals surface area contributed by atoms with Gasteiger partial charge >= 0.3 is 0 Å². The lowest BCUT2D eigenvalue weighted by molar-refractivity contribution is -0.135. The number of ether oxygens (including phenoxy) is 2. The molecule has 0 aliphatic heterocycles. The van der Waals surface area contributed by atoms with E-state index >= 15 is 0 Å². The predicted octanol–water partition coefficient (Wildman–Crippen LogP) is 2.48. The van der Waals surface area contributed by atoms with Gasteiger partial charge < -0.3 is 14.4 Å². The Balaban J connectivity index is 1.97. The van der Waals surface area contributed by atoms with Crippen LogP contribution >= 0.6 is 0 Å². The van der Waals surface area contributed by atoms with Crippen LogP contribution in [0.4, 0.5) is 0 Å². The number of rotatable bonds is 8. The molecule has 1 aliphatic rings. The molecule has 2 rings (SSSR count). The number of carbonyl (C=O) groups excluding carboxylic acids is 1. The molecule has 1 aliphatic carbocycles. The SMILES string of the molecule is COCCOCC(=O)N(C)CC1(c2ccccc2)CC1(C)C. The zero-order chi connectivity index (χ0) is 16.2. The van der Waals surface area contributed by atoms with Crippen molar-refractivity contribution in [1.29, 1.82) is 0 Å². The van der Waals surface area contributed by atoms with Crippen molar-refractivity contribution < 1.29 is 14.3 Å². The van der Waals surface area contributed by atoms with E-state index in [2.05, 4.69) is 38.1 Å². The van der Waals surface area contributed by atoms with Gasteiger partial charge in [0, 0.05) is 26.1 Å². The first kappa shape index (κ1) is 17.0. The number of hydrogen-bond donors (Lipinski definition) is 0. The third-order valence-electron chi connectivity index (χ3n) is 4.83. The van der Waals surface area contributed by atoms with Crippen LogP contribution in [0.2, 0.25) is 0 Å². The predicted molar refractivity (Wildman–Crippen MR) is 86.9 cm³/mol. The number of amides is 1. The van der Waals surface area contributed by atoms with Crippen LogP contribution in [0.15, 0.2) is 30.3 Å². The lowest BCUT2D eigenvalue weighted by atomic mass is 9.87. The molecule has 1 aromatic rings. The van der Waals surface area contributed by atoms with E-state index in [-0.39, 0.29) is 23.3 Å². The quantitative estimate of drug-likeness (QED) is 0.693. The number of methoxy groups -OCH3 is 1. The lowest BCUT2D eigenvalue weighted by Crippen LogP contribution is -2.38. The topological polar surface area (TPSA) is 38.8 Å². The molecule has 0 saturated heterocycles. The maximum Gasteiger partial charge on any atom is 0.248 e. The number of carbonyl (C=O) groups is 1. The fourth-order valence-corrected chi connectivity index (χ4v) is 3.23. The maximum absolute atomic E-state index is 12.2. The minimum Gasteiger partial charge on any atom is -0.382 e. The molecule has 4 nitrogen and oxygen atoms in total. The van der Waals surface area contributed by atoms with E-state index in [0.29, 0.717) is 13.2 Å². The van der Waals surface area contributed by atoms with Crippen molar-refractivity contribution in [3.63, 3.8) is 0 Å². The molecule has 0 heterocycles. The first-order chi connectivity index (χ1) is 10.4. The molecule has 0 spiro atoms. The second kappa shape index (κ2) is 6.80. The minimum absolute atomic E-state index is 0.0223. The molecule has 4 heteroatoms. The van der Waals surface area contributed by atoms with E-state index in [1.807, 2.05) is 13.1 Å². The normalized spacial score (nSPS) is 22.4. The van der Waals surface area contributed by atoms with Gasteiger partial charge in [0.15, 0.2) is 0 Å². The first-order valence-electron chi connectivity index (χ1n) is 7.79. The summed E-state index contributed by atoms with van der Waals surface area (Å²) in [6.07, 6.45) is 1.10. The van der Waals surface area contributed by atoms with Crippen molar-refractivity contribution in [2.45, 2.75) is 25.7 Å². The lowest BCUT2D eigenvalue weighted by Gasteiger charge is -2.27. The van der Waals surface area contributed by atoms with Crippen molar-refractivity contribution in [1.82, 2.24) is 4.90 Å². The highest BCUT2D eigenvalue weighted by Gasteiger charge is 2.62. The van der Waals surface area contributed by atoms with E-state index in [0.717, 1.165) is 13.0 Å². The van der Waals surface area contributed by atoms with Crippen LogP contribution in [-0.4, -0.2) is 51.3 Å². The van der Waals surface area contributed by atoms with Crippen molar-refractivity contribution >= 4 is 5.91 Å². The summed E-state index contributed by atoms with van der Waals surface area (Å²) in [5.74, 6) is 0.0223. The number of nitrogens with zero attached hydrogens (tertiary/aromatic N) is 1. The van der Waals surface area contributed by atoms with Gasteiger partial charge in [0.25, 0.3) is 0 Å². The monoisotopic (exact) mass is 305 g/mol. The second-order valence-electron chi connectivity index (χ2n) is 6.80. The summed E-state index contributed by atoms with van der Waals surface area (Å²) in [6, 6.07) is 10.5. The molecular formula is C18H27NO3. The maximum atomic E-state index is 12.2. The molecule has 1 amide bonds. The van der Waals surface area contributed by atoms with E-state index in [1.165, 1.54) is 5.56 Å². The summed E-state index contributed by atoms with van der Waals surface area (Å²) in [7, 11) is 3.48. The van der Waals surface area contributed by atoms with Crippen LogP contribution in [0.5, 0.6) is 0 Å². The highest BCUT2D eigenvalue weighted by Crippen LogP contribution is 2.64. The van der Waals surface area contributed by atoms with Crippen molar-refractivity contribution in [3.8, 4) is 0 Å². The Hall–Kier alpha value is -1.39. The van der Waals surface area contributed by atoms with Crippen LogP contribution < -0.4 is 0 Å². The molecule has 1 saturated carbocycles. The number of likely N-dealkylation sites (N-methyl/N-ethyl adjacent to an activating group) is 1. The molecule has 1 aromatic carbocycles. The van der Waals surface area contributed by atoms with Crippen LogP contribution in [0.25, 0.3) is 0 Å². The van der Waals surface area contributed by atoms with Gasteiger partial charge in [-0.05, 0) is 17.4 Å². The largest absolute Gasteiger partial charge is 0.382 e. The van der Waals surface area contributed by atoms with Crippen LogP contribution in [0, 0.1) is 5.41 Å². The van der Waals surface area contributed by atoms with Crippen molar-refractivity contribution in [2.24, 2.45) is 5.41 Å². The van der Waals surface area contributed by atoms with Gasteiger partial charge in [-0.3, -0.25) is 4.79 Å². The Morgan fingerprint density at radius 2 is 1.86 bits per heavy atom. The standard InChI is InChI=1S/C18H27NO3/c1-17(2)13-18(17,15-8-6-5-7-9-15)14-19(3)16(20)12-22-11-10-21-4/h5-9H,10-14H2,1-4H3. The third kappa shape index (κ3) is 3.50. The summed E-state index contributed by atoms with van der Waals surface area (Å²) in [5, 5.41) is 0. The molecule has 0 bridgehead atoms. The third-order valence-corrected chi connectivity index (χ3v) is 4.83. The average molecular weight is 305 g/mol. The Morgan fingerprint density at radius 1 is 1.23 bits per heavy atom. The number of hydrogen-bond acceptors (Lipinski definition) is 3. The average Bonchev–Trinajstić information content (AvgIpc) is 3.06. The van der Waals surface area contributed by atoms with Crippen molar-refractivity contribution in [3.05, 3.63) is 35.9 Å². The Kier molecular flexibility index (Phi) is 5.24. The zero-order valence-corrected chi connectivity index (χ0v) is 14.1. The molecule has 1 atom stereocenters. The Bertz CT molecular complexity index is 500. The smallest absolute Gasteiger partial charge is 0.248 e.